The van der Waals surface area contributed by atoms with E-state index in [4.69, 9.17) is 9.84 Å². The van der Waals surface area contributed by atoms with Gasteiger partial charge < -0.3 is 9.84 Å². The van der Waals surface area contributed by atoms with E-state index in [2.05, 4.69) is 0 Å². The molecule has 18 heavy (non-hydrogen) atoms. The van der Waals surface area contributed by atoms with E-state index < -0.39 is 28.9 Å². The molecule has 1 fully saturated rings. The highest BCUT2D eigenvalue weighted by molar-refractivity contribution is 5.69. The van der Waals surface area contributed by atoms with Crippen LogP contribution >= 0.6 is 0 Å². The van der Waals surface area contributed by atoms with Crippen LogP contribution in [0.4, 0.5) is 8.78 Å². The molecule has 0 saturated carbocycles. The van der Waals surface area contributed by atoms with Crippen molar-refractivity contribution in [1.29, 1.82) is 0 Å². The Kier molecular flexibility index (Phi) is 3.34. The van der Waals surface area contributed by atoms with Crippen LogP contribution in [0.1, 0.15) is 18.9 Å². The number of carboxylic acid groups (broad SMARTS) is 1. The summed E-state index contributed by atoms with van der Waals surface area (Å²) in [6, 6.07) is 3.69. The standard InChI is InChI=1S/C13H14F2O3/c1-8(12(16)17)5-13(6-18-7-13)9-2-3-10(14)11(15)4-9/h2-4,8H,5-7H2,1H3,(H,16,17). The van der Waals surface area contributed by atoms with Crippen LogP contribution in [0.25, 0.3) is 0 Å². The van der Waals surface area contributed by atoms with E-state index in [9.17, 15) is 13.6 Å². The molecule has 0 amide bonds. The van der Waals surface area contributed by atoms with Gasteiger partial charge in [0.1, 0.15) is 0 Å². The Bertz CT molecular complexity index is 469. The van der Waals surface area contributed by atoms with Crippen molar-refractivity contribution in [3.63, 3.8) is 0 Å². The van der Waals surface area contributed by atoms with Crippen LogP contribution < -0.4 is 0 Å². The molecule has 5 heteroatoms. The van der Waals surface area contributed by atoms with Gasteiger partial charge in [-0.25, -0.2) is 8.78 Å². The first-order chi connectivity index (χ1) is 8.44. The van der Waals surface area contributed by atoms with Crippen molar-refractivity contribution in [2.24, 2.45) is 5.92 Å². The maximum atomic E-state index is 13.2. The summed E-state index contributed by atoms with van der Waals surface area (Å²) in [4.78, 5) is 10.9. The van der Waals surface area contributed by atoms with Gasteiger partial charge in [0.25, 0.3) is 0 Å². The van der Waals surface area contributed by atoms with Gasteiger partial charge in [-0.1, -0.05) is 13.0 Å². The van der Waals surface area contributed by atoms with E-state index in [0.29, 0.717) is 25.2 Å². The summed E-state index contributed by atoms with van der Waals surface area (Å²) in [7, 11) is 0. The van der Waals surface area contributed by atoms with Crippen LogP contribution in [0.5, 0.6) is 0 Å². The topological polar surface area (TPSA) is 46.5 Å². The van der Waals surface area contributed by atoms with Crippen molar-refractivity contribution in [3.8, 4) is 0 Å². The van der Waals surface area contributed by atoms with Gasteiger partial charge in [0.15, 0.2) is 11.6 Å². The molecular formula is C13H14F2O3. The second-order valence-corrected chi connectivity index (χ2v) is 4.85. The lowest BCUT2D eigenvalue weighted by Gasteiger charge is -2.43. The third kappa shape index (κ3) is 2.22. The number of benzene rings is 1. The molecule has 1 heterocycles. The molecular weight excluding hydrogens is 242 g/mol. The van der Waals surface area contributed by atoms with E-state index in [1.54, 1.807) is 6.92 Å². The number of halogens is 2. The minimum absolute atomic E-state index is 0.343. The third-order valence-electron chi connectivity index (χ3n) is 3.41. The molecule has 1 N–H and O–H groups in total. The maximum absolute atomic E-state index is 13.2. The van der Waals surface area contributed by atoms with Gasteiger partial charge in [0.05, 0.1) is 19.1 Å². The van der Waals surface area contributed by atoms with Gasteiger partial charge in [-0.2, -0.15) is 0 Å². The number of hydrogen-bond acceptors (Lipinski definition) is 2. The molecule has 1 aliphatic heterocycles. The quantitative estimate of drug-likeness (QED) is 0.899. The molecule has 0 aliphatic carbocycles. The first kappa shape index (κ1) is 13.0. The number of ether oxygens (including phenoxy) is 1. The van der Waals surface area contributed by atoms with Crippen LogP contribution in [0.15, 0.2) is 18.2 Å². The van der Waals surface area contributed by atoms with Gasteiger partial charge in [-0.3, -0.25) is 4.79 Å². The van der Waals surface area contributed by atoms with Crippen molar-refractivity contribution >= 4 is 5.97 Å². The van der Waals surface area contributed by atoms with E-state index in [0.717, 1.165) is 12.1 Å². The smallest absolute Gasteiger partial charge is 0.306 e. The highest BCUT2D eigenvalue weighted by Crippen LogP contribution is 2.38. The van der Waals surface area contributed by atoms with E-state index in [1.807, 2.05) is 0 Å². The molecule has 0 radical (unpaired) electrons. The Hall–Kier alpha value is -1.49. The van der Waals surface area contributed by atoms with Gasteiger partial charge in [0.2, 0.25) is 0 Å². The van der Waals surface area contributed by atoms with Crippen molar-refractivity contribution < 1.29 is 23.4 Å². The van der Waals surface area contributed by atoms with Crippen LogP contribution in [0, 0.1) is 17.6 Å². The van der Waals surface area contributed by atoms with E-state index in [1.165, 1.54) is 6.07 Å². The monoisotopic (exact) mass is 256 g/mol. The molecule has 1 aromatic rings. The molecule has 0 bridgehead atoms. The van der Waals surface area contributed by atoms with Crippen molar-refractivity contribution in [2.75, 3.05) is 13.2 Å². The zero-order chi connectivity index (χ0) is 13.3. The van der Waals surface area contributed by atoms with Crippen LogP contribution in [-0.2, 0) is 14.9 Å². The summed E-state index contributed by atoms with van der Waals surface area (Å²) in [6.07, 6.45) is 0.355. The second kappa shape index (κ2) is 4.65. The highest BCUT2D eigenvalue weighted by atomic mass is 19.2. The minimum atomic E-state index is -0.915. The SMILES string of the molecule is CC(CC1(c2ccc(F)c(F)c2)COC1)C(=O)O. The van der Waals surface area contributed by atoms with Crippen LogP contribution in [-0.4, -0.2) is 24.3 Å². The third-order valence-corrected chi connectivity index (χ3v) is 3.41. The van der Waals surface area contributed by atoms with Gasteiger partial charge in [-0.05, 0) is 24.1 Å². The van der Waals surface area contributed by atoms with E-state index >= 15 is 0 Å². The molecule has 1 atom stereocenters. The number of hydrogen-bond donors (Lipinski definition) is 1. The summed E-state index contributed by atoms with van der Waals surface area (Å²) in [6.45, 7) is 2.29. The van der Waals surface area contributed by atoms with Gasteiger partial charge >= 0.3 is 5.97 Å². The first-order valence-electron chi connectivity index (χ1n) is 5.71. The lowest BCUT2D eigenvalue weighted by Crippen LogP contribution is -2.48. The Labute approximate surface area is 103 Å². The molecule has 1 aliphatic rings. The van der Waals surface area contributed by atoms with Gasteiger partial charge in [0, 0.05) is 5.41 Å². The van der Waals surface area contributed by atoms with Crippen molar-refractivity contribution in [3.05, 3.63) is 35.4 Å². The Morgan fingerprint density at radius 3 is 2.56 bits per heavy atom. The fourth-order valence-electron chi connectivity index (χ4n) is 2.25. The molecule has 1 saturated heterocycles. The molecule has 0 aromatic heterocycles. The molecule has 2 rings (SSSR count). The predicted octanol–water partition coefficient (Wildman–Crippen LogP) is 2.34. The molecule has 0 spiro atoms. The summed E-state index contributed by atoms with van der Waals surface area (Å²) in [5, 5.41) is 8.94. The fraction of sp³-hybridized carbons (Fsp3) is 0.462. The molecule has 3 nitrogen and oxygen atoms in total. The Morgan fingerprint density at radius 2 is 2.11 bits per heavy atom. The van der Waals surface area contributed by atoms with Crippen LogP contribution in [0.2, 0.25) is 0 Å². The average molecular weight is 256 g/mol. The zero-order valence-corrected chi connectivity index (χ0v) is 9.95. The normalized spacial score (nSPS) is 19.1. The summed E-state index contributed by atoms with van der Waals surface area (Å²) in [5.74, 6) is -3.27. The number of carbonyl (C=O) groups is 1. The number of carboxylic acids is 1. The van der Waals surface area contributed by atoms with E-state index in [-0.39, 0.29) is 0 Å². The Balaban J connectivity index is 2.26. The van der Waals surface area contributed by atoms with Gasteiger partial charge in [-0.15, -0.1) is 0 Å². The predicted molar refractivity (Wildman–Crippen MR) is 60.3 cm³/mol. The maximum Gasteiger partial charge on any atom is 0.306 e. The molecule has 1 unspecified atom stereocenters. The zero-order valence-electron chi connectivity index (χ0n) is 9.95. The van der Waals surface area contributed by atoms with Crippen molar-refractivity contribution in [1.82, 2.24) is 0 Å². The summed E-state index contributed by atoms with van der Waals surface area (Å²) < 4.78 is 31.3. The molecule has 1 aromatic carbocycles. The second-order valence-electron chi connectivity index (χ2n) is 4.85. The van der Waals surface area contributed by atoms with Crippen LogP contribution in [0.3, 0.4) is 0 Å². The molecule has 98 valence electrons. The average Bonchev–Trinajstić information content (AvgIpc) is 2.27. The number of rotatable bonds is 4. The lowest BCUT2D eigenvalue weighted by molar-refractivity contribution is -0.144. The first-order valence-corrected chi connectivity index (χ1v) is 5.71. The number of aliphatic carboxylic acids is 1. The fourth-order valence-corrected chi connectivity index (χ4v) is 2.25. The highest BCUT2D eigenvalue weighted by Gasteiger charge is 2.42. The Morgan fingerprint density at radius 1 is 1.44 bits per heavy atom. The minimum Gasteiger partial charge on any atom is -0.481 e. The largest absolute Gasteiger partial charge is 0.481 e. The van der Waals surface area contributed by atoms with Crippen molar-refractivity contribution in [2.45, 2.75) is 18.8 Å². The summed E-state index contributed by atoms with van der Waals surface area (Å²) in [5.41, 5.74) is 0.0903. The lowest BCUT2D eigenvalue weighted by atomic mass is 9.72. The summed E-state index contributed by atoms with van der Waals surface area (Å²) >= 11 is 0.